The molecule has 0 aromatic heterocycles. The molecule has 2 nitrogen and oxygen atoms in total. The first-order valence-electron chi connectivity index (χ1n) is 16.0. The minimum absolute atomic E-state index is 0.0421. The Morgan fingerprint density at radius 3 is 1.89 bits per heavy atom. The monoisotopic (exact) mass is 552 g/mol. The molecule has 0 aliphatic heterocycles. The summed E-state index contributed by atoms with van der Waals surface area (Å²) in [5.74, 6) is 0. The molecule has 0 amide bonds. The van der Waals surface area contributed by atoms with Crippen LogP contribution in [0.3, 0.4) is 0 Å². The molecule has 2 unspecified atom stereocenters. The molecular formula is C34H54N2P2. The van der Waals surface area contributed by atoms with E-state index in [-0.39, 0.29) is 13.5 Å². The lowest BCUT2D eigenvalue weighted by Gasteiger charge is -2.47. The highest BCUT2D eigenvalue weighted by Crippen LogP contribution is 2.57. The first-order valence-corrected chi connectivity index (χ1v) is 18.5. The van der Waals surface area contributed by atoms with Crippen molar-refractivity contribution in [1.29, 1.82) is 0 Å². The van der Waals surface area contributed by atoms with Gasteiger partial charge in [-0.05, 0) is 102 Å². The molecule has 210 valence electrons. The average Bonchev–Trinajstić information content (AvgIpc) is 2.95. The lowest BCUT2D eigenvalue weighted by atomic mass is 9.79. The molecule has 5 rings (SSSR count). The Balaban J connectivity index is 1.58. The van der Waals surface area contributed by atoms with E-state index < -0.39 is 0 Å². The maximum atomic E-state index is 2.80. The van der Waals surface area contributed by atoms with Crippen molar-refractivity contribution in [2.45, 2.75) is 132 Å². The van der Waals surface area contributed by atoms with Crippen LogP contribution in [-0.2, 0) is 0 Å². The van der Waals surface area contributed by atoms with Gasteiger partial charge in [0.1, 0.15) is 0 Å². The van der Waals surface area contributed by atoms with E-state index in [0.717, 1.165) is 32.1 Å². The van der Waals surface area contributed by atoms with E-state index in [0.29, 0.717) is 0 Å². The van der Waals surface area contributed by atoms with Crippen LogP contribution in [0.4, 0.5) is 0 Å². The van der Waals surface area contributed by atoms with Gasteiger partial charge in [-0.2, -0.15) is 0 Å². The van der Waals surface area contributed by atoms with E-state index in [2.05, 4.69) is 74.1 Å². The largest absolute Gasteiger partial charge is 0.377 e. The van der Waals surface area contributed by atoms with Gasteiger partial charge in [0.05, 0.1) is 5.54 Å². The highest BCUT2D eigenvalue weighted by Gasteiger charge is 2.41. The molecule has 4 heteroatoms. The lowest BCUT2D eigenvalue weighted by Crippen LogP contribution is -2.44. The molecule has 0 radical (unpaired) electrons. The number of likely N-dealkylation sites (N-methyl/N-ethyl adjacent to an activating group) is 2. The van der Waals surface area contributed by atoms with Gasteiger partial charge < -0.3 is 4.90 Å². The second kappa shape index (κ2) is 13.3. The fraction of sp³-hybridized carbons (Fsp3) is 0.706. The summed E-state index contributed by atoms with van der Waals surface area (Å²) in [5.41, 5.74) is 7.44. The average molecular weight is 553 g/mol. The van der Waals surface area contributed by atoms with E-state index in [1.54, 1.807) is 16.4 Å². The van der Waals surface area contributed by atoms with Crippen molar-refractivity contribution >= 4 is 27.5 Å². The Labute approximate surface area is 237 Å². The molecule has 3 saturated carbocycles. The van der Waals surface area contributed by atoms with E-state index in [9.17, 15) is 0 Å². The van der Waals surface area contributed by atoms with E-state index in [1.807, 2.05) is 0 Å². The zero-order valence-electron chi connectivity index (χ0n) is 24.9. The summed E-state index contributed by atoms with van der Waals surface area (Å²) in [7, 11) is 7.76. The van der Waals surface area contributed by atoms with Crippen LogP contribution in [0.25, 0.3) is 5.57 Å². The number of hydrogen-bond donors (Lipinski definition) is 0. The van der Waals surface area contributed by atoms with Crippen LogP contribution >= 0.6 is 16.7 Å². The highest BCUT2D eigenvalue weighted by atomic mass is 31.1. The molecule has 1 aromatic rings. The molecule has 3 fully saturated rings. The standard InChI is InChI=1S/C34H54N2P2/c1-34(36(4)37-27-17-8-5-9-18-27)26-16-24-31(35(2)3)33(34)30-23-14-15-25-32(30)38(28-19-10-6-11-20-28)29-21-12-7-13-22-29/h14-16,23-25,27-29,37H,5-13,17-22,26H2,1-4H3. The fourth-order valence-corrected chi connectivity index (χ4v) is 13.6. The fourth-order valence-electron chi connectivity index (χ4n) is 7.93. The van der Waals surface area contributed by atoms with Crippen LogP contribution in [0.2, 0.25) is 0 Å². The van der Waals surface area contributed by atoms with E-state index in [4.69, 9.17) is 0 Å². The molecule has 4 aliphatic carbocycles. The molecule has 0 spiro atoms. The van der Waals surface area contributed by atoms with Gasteiger partial charge in [0.25, 0.3) is 0 Å². The number of hydrogen-bond acceptors (Lipinski definition) is 2. The van der Waals surface area contributed by atoms with Gasteiger partial charge in [-0.3, -0.25) is 4.67 Å². The maximum absolute atomic E-state index is 2.80. The zero-order chi connectivity index (χ0) is 26.5. The Kier molecular flexibility index (Phi) is 10.1. The van der Waals surface area contributed by atoms with Gasteiger partial charge in [-0.25, -0.2) is 0 Å². The molecule has 1 aromatic carbocycles. The maximum Gasteiger partial charge on any atom is 0.0524 e. The van der Waals surface area contributed by atoms with E-state index >= 15 is 0 Å². The van der Waals surface area contributed by atoms with Gasteiger partial charge in [-0.15, -0.1) is 0 Å². The topological polar surface area (TPSA) is 6.48 Å². The number of nitrogens with zero attached hydrogens (tertiary/aromatic N) is 2. The van der Waals surface area contributed by atoms with Crippen LogP contribution in [0.5, 0.6) is 0 Å². The molecule has 0 bridgehead atoms. The van der Waals surface area contributed by atoms with Gasteiger partial charge in [0.15, 0.2) is 0 Å². The summed E-state index contributed by atoms with van der Waals surface area (Å²) < 4.78 is 2.80. The van der Waals surface area contributed by atoms with Crippen LogP contribution in [0, 0.1) is 0 Å². The Hall–Kier alpha value is -0.680. The minimum Gasteiger partial charge on any atom is -0.377 e. The summed E-state index contributed by atoms with van der Waals surface area (Å²) in [5, 5.41) is 1.76. The quantitative estimate of drug-likeness (QED) is 0.297. The van der Waals surface area contributed by atoms with Gasteiger partial charge in [-0.1, -0.05) is 96.1 Å². The number of rotatable bonds is 8. The molecule has 0 N–H and O–H groups in total. The van der Waals surface area contributed by atoms with Crippen molar-refractivity contribution in [2.24, 2.45) is 0 Å². The summed E-state index contributed by atoms with van der Waals surface area (Å²) >= 11 is 0. The first-order chi connectivity index (χ1) is 18.5. The van der Waals surface area contributed by atoms with E-state index in [1.165, 1.54) is 102 Å². The van der Waals surface area contributed by atoms with Gasteiger partial charge in [0.2, 0.25) is 0 Å². The minimum atomic E-state index is -0.146. The molecule has 2 atom stereocenters. The van der Waals surface area contributed by atoms with Crippen LogP contribution in [0.15, 0.2) is 42.1 Å². The van der Waals surface area contributed by atoms with Gasteiger partial charge in [0, 0.05) is 25.4 Å². The Morgan fingerprint density at radius 1 is 0.763 bits per heavy atom. The zero-order valence-corrected chi connectivity index (χ0v) is 26.7. The van der Waals surface area contributed by atoms with Crippen LogP contribution in [0.1, 0.15) is 115 Å². The third kappa shape index (κ3) is 6.29. The van der Waals surface area contributed by atoms with Gasteiger partial charge >= 0.3 is 0 Å². The normalized spacial score (nSPS) is 26.8. The van der Waals surface area contributed by atoms with Crippen molar-refractivity contribution in [1.82, 2.24) is 9.57 Å². The molecular weight excluding hydrogens is 498 g/mol. The lowest BCUT2D eigenvalue weighted by molar-refractivity contribution is 0.327. The second-order valence-electron chi connectivity index (χ2n) is 13.1. The number of allylic oxidation sites excluding steroid dienone is 1. The Bertz CT molecular complexity index is 948. The molecule has 4 aliphatic rings. The van der Waals surface area contributed by atoms with Crippen molar-refractivity contribution in [3.8, 4) is 0 Å². The third-order valence-corrected chi connectivity index (χ3v) is 15.6. The second-order valence-corrected chi connectivity index (χ2v) is 17.6. The summed E-state index contributed by atoms with van der Waals surface area (Å²) in [4.78, 5) is 2.40. The first kappa shape index (κ1) is 28.8. The number of benzene rings is 1. The Morgan fingerprint density at radius 2 is 1.32 bits per heavy atom. The highest BCUT2D eigenvalue weighted by molar-refractivity contribution is 7.67. The molecule has 0 heterocycles. The van der Waals surface area contributed by atoms with Crippen molar-refractivity contribution in [2.75, 3.05) is 21.1 Å². The third-order valence-electron chi connectivity index (χ3n) is 10.2. The summed E-state index contributed by atoms with van der Waals surface area (Å²) in [6.07, 6.45) is 27.8. The van der Waals surface area contributed by atoms with Crippen molar-refractivity contribution < 1.29 is 0 Å². The SMILES string of the molecule is CN(C)C1=C(c2ccccc2P(C2CCCCC2)C2CCCCC2)C(C)(N(C)PC2CCCCC2)CC=C1. The predicted molar refractivity (Wildman–Crippen MR) is 172 cm³/mol. The molecule has 0 saturated heterocycles. The predicted octanol–water partition coefficient (Wildman–Crippen LogP) is 9.31. The van der Waals surface area contributed by atoms with Crippen molar-refractivity contribution in [3.63, 3.8) is 0 Å². The summed E-state index contributed by atoms with van der Waals surface area (Å²) in [6, 6.07) is 9.84. The van der Waals surface area contributed by atoms with Crippen molar-refractivity contribution in [3.05, 3.63) is 47.7 Å². The molecule has 38 heavy (non-hydrogen) atoms. The smallest absolute Gasteiger partial charge is 0.0524 e. The van der Waals surface area contributed by atoms with Crippen LogP contribution < -0.4 is 5.30 Å². The summed E-state index contributed by atoms with van der Waals surface area (Å²) in [6.45, 7) is 2.57. The van der Waals surface area contributed by atoms with Crippen LogP contribution in [-0.4, -0.2) is 53.2 Å².